The highest BCUT2D eigenvalue weighted by molar-refractivity contribution is 7.92. The lowest BCUT2D eigenvalue weighted by Crippen LogP contribution is -2.52. The molecule has 0 spiro atoms. The highest BCUT2D eigenvalue weighted by Crippen LogP contribution is 2.35. The van der Waals surface area contributed by atoms with Gasteiger partial charge in [-0.3, -0.25) is 13.9 Å². The first-order valence-corrected chi connectivity index (χ1v) is 16.4. The van der Waals surface area contributed by atoms with E-state index in [0.717, 1.165) is 22.7 Å². The Labute approximate surface area is 268 Å². The third-order valence-electron chi connectivity index (χ3n) is 6.90. The molecular weight excluding hydrogens is 633 g/mol. The maximum atomic E-state index is 14.3. The van der Waals surface area contributed by atoms with Crippen LogP contribution in [0, 0.1) is 6.92 Å². The van der Waals surface area contributed by atoms with Gasteiger partial charge in [0.2, 0.25) is 11.8 Å². The van der Waals surface area contributed by atoms with Crippen LogP contribution in [0.1, 0.15) is 44.2 Å². The third kappa shape index (κ3) is 8.56. The van der Waals surface area contributed by atoms with Crippen LogP contribution in [0.25, 0.3) is 0 Å². The Kier molecular flexibility index (Phi) is 12.6. The van der Waals surface area contributed by atoms with Crippen LogP contribution in [0.15, 0.2) is 65.6 Å². The molecule has 0 fully saturated rings. The summed E-state index contributed by atoms with van der Waals surface area (Å²) in [5.41, 5.74) is 1.37. The number of hydrogen-bond acceptors (Lipinski definition) is 5. The van der Waals surface area contributed by atoms with Gasteiger partial charge in [0.1, 0.15) is 18.3 Å². The predicted octanol–water partition coefficient (Wildman–Crippen LogP) is 6.88. The lowest BCUT2D eigenvalue weighted by Gasteiger charge is -2.34. The molecule has 0 aliphatic rings. The summed E-state index contributed by atoms with van der Waals surface area (Å²) in [6, 6.07) is 14.8. The second-order valence-electron chi connectivity index (χ2n) is 9.93. The summed E-state index contributed by atoms with van der Waals surface area (Å²) in [4.78, 5) is 28.9. The van der Waals surface area contributed by atoms with E-state index in [0.29, 0.717) is 22.2 Å². The van der Waals surface area contributed by atoms with Crippen LogP contribution in [0.5, 0.6) is 5.75 Å². The Morgan fingerprint density at radius 2 is 1.63 bits per heavy atom. The molecule has 0 aromatic heterocycles. The predicted molar refractivity (Wildman–Crippen MR) is 173 cm³/mol. The summed E-state index contributed by atoms with van der Waals surface area (Å²) in [7, 11) is -2.92. The molecule has 0 aliphatic heterocycles. The number of hydrogen-bond donors (Lipinski definition) is 1. The summed E-state index contributed by atoms with van der Waals surface area (Å²) in [5, 5.41) is 3.76. The molecule has 43 heavy (non-hydrogen) atoms. The molecule has 1 atom stereocenters. The SMILES string of the molecule is CCCCNC(=O)C(CC)N(Cc1c(Cl)cccc1Cl)C(=O)CN(c1cc(Cl)ccc1OC)S(=O)(=O)c1ccc(C)cc1. The minimum atomic E-state index is -4.31. The zero-order valence-corrected chi connectivity index (χ0v) is 27.7. The fourth-order valence-electron chi connectivity index (χ4n) is 4.49. The number of carbonyl (C=O) groups excluding carboxylic acids is 2. The largest absolute Gasteiger partial charge is 0.495 e. The van der Waals surface area contributed by atoms with Gasteiger partial charge in [-0.25, -0.2) is 8.42 Å². The second kappa shape index (κ2) is 15.7. The summed E-state index contributed by atoms with van der Waals surface area (Å²) in [6.45, 7) is 5.28. The third-order valence-corrected chi connectivity index (χ3v) is 9.62. The molecule has 0 radical (unpaired) electrons. The van der Waals surface area contributed by atoms with Gasteiger partial charge in [0.05, 0.1) is 17.7 Å². The van der Waals surface area contributed by atoms with E-state index >= 15 is 0 Å². The Morgan fingerprint density at radius 3 is 2.21 bits per heavy atom. The minimum absolute atomic E-state index is 0.0297. The van der Waals surface area contributed by atoms with Gasteiger partial charge in [0.15, 0.2) is 0 Å². The van der Waals surface area contributed by atoms with Gasteiger partial charge in [-0.05, 0) is 62.2 Å². The van der Waals surface area contributed by atoms with Gasteiger partial charge in [0, 0.05) is 33.7 Å². The zero-order chi connectivity index (χ0) is 31.7. The number of nitrogens with one attached hydrogen (secondary N) is 1. The molecule has 3 rings (SSSR count). The number of carbonyl (C=O) groups is 2. The van der Waals surface area contributed by atoms with Crippen molar-refractivity contribution < 1.29 is 22.7 Å². The molecule has 0 aliphatic carbocycles. The first-order valence-electron chi connectivity index (χ1n) is 13.9. The quantitative estimate of drug-likeness (QED) is 0.189. The minimum Gasteiger partial charge on any atom is -0.495 e. The van der Waals surface area contributed by atoms with Crippen LogP contribution in [-0.4, -0.2) is 51.4 Å². The molecule has 3 aromatic carbocycles. The van der Waals surface area contributed by atoms with Crippen molar-refractivity contribution in [2.45, 2.75) is 57.5 Å². The topological polar surface area (TPSA) is 96.0 Å². The van der Waals surface area contributed by atoms with Crippen molar-refractivity contribution in [2.24, 2.45) is 0 Å². The van der Waals surface area contributed by atoms with Gasteiger partial charge in [-0.1, -0.05) is 78.8 Å². The first-order chi connectivity index (χ1) is 20.4. The summed E-state index contributed by atoms with van der Waals surface area (Å²) < 4.78 is 34.7. The van der Waals surface area contributed by atoms with Crippen LogP contribution in [0.2, 0.25) is 15.1 Å². The van der Waals surface area contributed by atoms with Crippen molar-refractivity contribution in [3.8, 4) is 5.75 Å². The average molecular weight is 669 g/mol. The van der Waals surface area contributed by atoms with Gasteiger partial charge in [-0.2, -0.15) is 0 Å². The lowest BCUT2D eigenvalue weighted by atomic mass is 10.1. The highest BCUT2D eigenvalue weighted by Gasteiger charge is 2.35. The van der Waals surface area contributed by atoms with Crippen molar-refractivity contribution >= 4 is 62.3 Å². The molecule has 3 aromatic rings. The number of rotatable bonds is 14. The second-order valence-corrected chi connectivity index (χ2v) is 13.0. The molecule has 0 saturated heterocycles. The fraction of sp³-hybridized carbons (Fsp3) is 0.355. The number of aryl methyl sites for hydroxylation is 1. The van der Waals surface area contributed by atoms with E-state index in [9.17, 15) is 18.0 Å². The van der Waals surface area contributed by atoms with Crippen LogP contribution < -0.4 is 14.4 Å². The van der Waals surface area contributed by atoms with Gasteiger partial charge >= 0.3 is 0 Å². The summed E-state index contributed by atoms with van der Waals surface area (Å²) in [6.07, 6.45) is 1.91. The molecule has 12 heteroatoms. The normalized spacial score (nSPS) is 12.0. The average Bonchev–Trinajstić information content (AvgIpc) is 2.97. The molecule has 0 bridgehead atoms. The fourth-order valence-corrected chi connectivity index (χ4v) is 6.59. The van der Waals surface area contributed by atoms with Crippen molar-refractivity contribution in [3.63, 3.8) is 0 Å². The first kappa shape index (κ1) is 34.5. The van der Waals surface area contributed by atoms with Crippen molar-refractivity contribution in [3.05, 3.63) is 86.9 Å². The van der Waals surface area contributed by atoms with E-state index in [1.54, 1.807) is 43.3 Å². The Morgan fingerprint density at radius 1 is 0.977 bits per heavy atom. The maximum absolute atomic E-state index is 14.3. The van der Waals surface area contributed by atoms with Gasteiger partial charge < -0.3 is 15.0 Å². The molecule has 0 saturated carbocycles. The Hall–Kier alpha value is -2.98. The van der Waals surface area contributed by atoms with E-state index in [4.69, 9.17) is 39.5 Å². The molecule has 1 N–H and O–H groups in total. The van der Waals surface area contributed by atoms with Crippen molar-refractivity contribution in [1.29, 1.82) is 0 Å². The highest BCUT2D eigenvalue weighted by atomic mass is 35.5. The van der Waals surface area contributed by atoms with Crippen LogP contribution in [0.4, 0.5) is 5.69 Å². The van der Waals surface area contributed by atoms with Crippen LogP contribution in [0.3, 0.4) is 0 Å². The number of halogens is 3. The number of anilines is 1. The van der Waals surface area contributed by atoms with E-state index in [2.05, 4.69) is 5.32 Å². The summed E-state index contributed by atoms with van der Waals surface area (Å²) >= 11 is 19.2. The van der Waals surface area contributed by atoms with E-state index in [1.165, 1.54) is 36.3 Å². The maximum Gasteiger partial charge on any atom is 0.264 e. The number of unbranched alkanes of at least 4 members (excludes halogenated alkanes) is 1. The molecule has 2 amide bonds. The standard InChI is InChI=1S/C31H36Cl3N3O5S/c1-5-7-17-35-31(39)27(6-2)36(19-24-25(33)9-8-10-26(24)34)30(38)20-37(28-18-22(32)13-16-29(28)42-4)43(40,41)23-14-11-21(3)12-15-23/h8-16,18,27H,5-7,17,19-20H2,1-4H3,(H,35,39). The Balaban J connectivity index is 2.14. The number of methoxy groups -OCH3 is 1. The Bertz CT molecular complexity index is 1510. The van der Waals surface area contributed by atoms with Crippen molar-refractivity contribution in [1.82, 2.24) is 10.2 Å². The number of nitrogens with zero attached hydrogens (tertiary/aromatic N) is 2. The number of benzene rings is 3. The number of ether oxygens (including phenoxy) is 1. The zero-order valence-electron chi connectivity index (χ0n) is 24.6. The lowest BCUT2D eigenvalue weighted by molar-refractivity contribution is -0.140. The smallest absolute Gasteiger partial charge is 0.264 e. The van der Waals surface area contributed by atoms with Crippen LogP contribution >= 0.6 is 34.8 Å². The molecule has 232 valence electrons. The van der Waals surface area contributed by atoms with Crippen LogP contribution in [-0.2, 0) is 26.2 Å². The van der Waals surface area contributed by atoms with E-state index < -0.39 is 28.5 Å². The van der Waals surface area contributed by atoms with E-state index in [-0.39, 0.29) is 40.2 Å². The summed E-state index contributed by atoms with van der Waals surface area (Å²) in [5.74, 6) is -0.815. The molecule has 0 heterocycles. The molecular formula is C31H36Cl3N3O5S. The monoisotopic (exact) mass is 667 g/mol. The van der Waals surface area contributed by atoms with E-state index in [1.807, 2.05) is 13.8 Å². The van der Waals surface area contributed by atoms with Gasteiger partial charge in [0.25, 0.3) is 10.0 Å². The number of sulfonamides is 1. The van der Waals surface area contributed by atoms with Crippen molar-refractivity contribution in [2.75, 3.05) is 24.5 Å². The molecule has 1 unspecified atom stereocenters. The van der Waals surface area contributed by atoms with Gasteiger partial charge in [-0.15, -0.1) is 0 Å². The molecule has 8 nitrogen and oxygen atoms in total. The number of amides is 2.